The summed E-state index contributed by atoms with van der Waals surface area (Å²) in [4.78, 5) is 27.9. The van der Waals surface area contributed by atoms with Crippen molar-refractivity contribution in [2.45, 2.75) is 38.7 Å². The maximum absolute atomic E-state index is 14.0. The summed E-state index contributed by atoms with van der Waals surface area (Å²) in [5, 5.41) is 7.94. The number of fused-ring (bicyclic) bond motifs is 1. The molecule has 0 aliphatic carbocycles. The van der Waals surface area contributed by atoms with Crippen molar-refractivity contribution in [1.29, 1.82) is 0 Å². The van der Waals surface area contributed by atoms with Gasteiger partial charge in [-0.3, -0.25) is 4.79 Å². The first-order valence-corrected chi connectivity index (χ1v) is 10.8. The van der Waals surface area contributed by atoms with Crippen molar-refractivity contribution in [2.75, 3.05) is 37.4 Å². The fraction of sp³-hybridized carbons (Fsp3) is 0.476. The topological polar surface area (TPSA) is 92.1 Å². The molecule has 1 amide bonds. The first kappa shape index (κ1) is 23.2. The highest BCUT2D eigenvalue weighted by Crippen LogP contribution is 2.35. The molecule has 1 fully saturated rings. The SMILES string of the molecule is CC(=O)Nc1cc2c(cn1)c(N1CCC(C)(N(C)C)C1)nn2-c1cc(Cl)nc(C(C)(F)F)n1. The third kappa shape index (κ3) is 4.47. The van der Waals surface area contributed by atoms with Crippen LogP contribution in [-0.2, 0) is 10.7 Å². The zero-order chi connectivity index (χ0) is 24.1. The Morgan fingerprint density at radius 3 is 2.64 bits per heavy atom. The van der Waals surface area contributed by atoms with E-state index in [1.807, 2.05) is 14.1 Å². The first-order valence-electron chi connectivity index (χ1n) is 10.4. The van der Waals surface area contributed by atoms with Crippen LogP contribution in [0.4, 0.5) is 20.4 Å². The minimum atomic E-state index is -3.28. The van der Waals surface area contributed by atoms with Crippen LogP contribution in [0.2, 0.25) is 5.15 Å². The Balaban J connectivity index is 1.89. The highest BCUT2D eigenvalue weighted by atomic mass is 35.5. The fourth-order valence-electron chi connectivity index (χ4n) is 3.85. The number of carbonyl (C=O) groups is 1. The van der Waals surface area contributed by atoms with Crippen molar-refractivity contribution in [3.8, 4) is 5.82 Å². The zero-order valence-electron chi connectivity index (χ0n) is 19.0. The predicted octanol–water partition coefficient (Wildman–Crippen LogP) is 3.46. The molecule has 1 N–H and O–H groups in total. The molecule has 0 bridgehead atoms. The van der Waals surface area contributed by atoms with Gasteiger partial charge in [0.15, 0.2) is 11.6 Å². The van der Waals surface area contributed by atoms with E-state index in [0.717, 1.165) is 19.5 Å². The van der Waals surface area contributed by atoms with Crippen molar-refractivity contribution < 1.29 is 13.6 Å². The second-order valence-electron chi connectivity index (χ2n) is 8.83. The molecule has 0 radical (unpaired) electrons. The lowest BCUT2D eigenvalue weighted by Crippen LogP contribution is -2.43. The van der Waals surface area contributed by atoms with Gasteiger partial charge >= 0.3 is 5.92 Å². The Hall–Kier alpha value is -2.92. The second-order valence-corrected chi connectivity index (χ2v) is 9.21. The average molecular weight is 479 g/mol. The number of carbonyl (C=O) groups excluding carboxylic acids is 1. The molecule has 4 heterocycles. The van der Waals surface area contributed by atoms with E-state index in [-0.39, 0.29) is 22.4 Å². The number of nitrogens with zero attached hydrogens (tertiary/aromatic N) is 7. The van der Waals surface area contributed by atoms with Gasteiger partial charge in [-0.2, -0.15) is 8.78 Å². The molecule has 176 valence electrons. The first-order chi connectivity index (χ1) is 15.4. The number of anilines is 2. The number of amides is 1. The Morgan fingerprint density at radius 2 is 2.03 bits per heavy atom. The lowest BCUT2D eigenvalue weighted by Gasteiger charge is -2.32. The number of rotatable bonds is 5. The molecule has 1 atom stereocenters. The Labute approximate surface area is 194 Å². The highest BCUT2D eigenvalue weighted by molar-refractivity contribution is 6.29. The Morgan fingerprint density at radius 1 is 1.30 bits per heavy atom. The van der Waals surface area contributed by atoms with Gasteiger partial charge in [0.1, 0.15) is 11.0 Å². The van der Waals surface area contributed by atoms with Crippen LogP contribution in [0.25, 0.3) is 16.7 Å². The molecule has 4 rings (SSSR count). The smallest absolute Gasteiger partial charge is 0.303 e. The molecule has 0 saturated carbocycles. The van der Waals surface area contributed by atoms with Gasteiger partial charge in [-0.05, 0) is 27.4 Å². The van der Waals surface area contributed by atoms with Crippen molar-refractivity contribution in [3.63, 3.8) is 0 Å². The summed E-state index contributed by atoms with van der Waals surface area (Å²) in [7, 11) is 4.08. The van der Waals surface area contributed by atoms with Crippen LogP contribution in [0.5, 0.6) is 0 Å². The van der Waals surface area contributed by atoms with Crippen molar-refractivity contribution in [3.05, 3.63) is 29.3 Å². The fourth-order valence-corrected chi connectivity index (χ4v) is 4.03. The number of halogens is 3. The van der Waals surface area contributed by atoms with Crippen LogP contribution in [0.15, 0.2) is 18.3 Å². The van der Waals surface area contributed by atoms with E-state index in [4.69, 9.17) is 16.7 Å². The summed E-state index contributed by atoms with van der Waals surface area (Å²) < 4.78 is 29.4. The van der Waals surface area contributed by atoms with Gasteiger partial charge in [0.2, 0.25) is 11.7 Å². The van der Waals surface area contributed by atoms with Gasteiger partial charge in [-0.1, -0.05) is 11.6 Å². The summed E-state index contributed by atoms with van der Waals surface area (Å²) >= 11 is 6.05. The number of alkyl halides is 2. The van der Waals surface area contributed by atoms with Crippen LogP contribution < -0.4 is 10.2 Å². The van der Waals surface area contributed by atoms with Crippen molar-refractivity contribution in [1.82, 2.24) is 29.6 Å². The molecular weight excluding hydrogens is 454 g/mol. The number of likely N-dealkylation sites (N-methyl/N-ethyl adjacent to an activating group) is 1. The highest BCUT2D eigenvalue weighted by Gasteiger charge is 2.37. The average Bonchev–Trinajstić information content (AvgIpc) is 3.28. The van der Waals surface area contributed by atoms with Crippen LogP contribution in [0, 0.1) is 0 Å². The van der Waals surface area contributed by atoms with Gasteiger partial charge in [0.25, 0.3) is 0 Å². The maximum Gasteiger partial charge on any atom is 0.303 e. The van der Waals surface area contributed by atoms with Crippen LogP contribution in [0.1, 0.15) is 33.0 Å². The largest absolute Gasteiger partial charge is 0.353 e. The van der Waals surface area contributed by atoms with Crippen LogP contribution in [0.3, 0.4) is 0 Å². The van der Waals surface area contributed by atoms with Crippen molar-refractivity contribution in [2.24, 2.45) is 0 Å². The van der Waals surface area contributed by atoms with Gasteiger partial charge in [-0.15, -0.1) is 5.10 Å². The van der Waals surface area contributed by atoms with E-state index < -0.39 is 11.7 Å². The molecule has 0 aromatic carbocycles. The second kappa shape index (κ2) is 8.14. The number of pyridine rings is 1. The molecule has 9 nitrogen and oxygen atoms in total. The van der Waals surface area contributed by atoms with E-state index in [0.29, 0.717) is 29.5 Å². The molecule has 33 heavy (non-hydrogen) atoms. The van der Waals surface area contributed by atoms with Crippen LogP contribution in [-0.4, -0.2) is 68.3 Å². The minimum absolute atomic E-state index is 0.0463. The van der Waals surface area contributed by atoms with Gasteiger partial charge < -0.3 is 15.1 Å². The van der Waals surface area contributed by atoms with E-state index in [1.165, 1.54) is 17.7 Å². The molecule has 1 unspecified atom stereocenters. The van der Waals surface area contributed by atoms with E-state index in [1.54, 1.807) is 12.3 Å². The monoisotopic (exact) mass is 478 g/mol. The summed E-state index contributed by atoms with van der Waals surface area (Å²) in [6, 6.07) is 3.01. The molecule has 3 aromatic rings. The summed E-state index contributed by atoms with van der Waals surface area (Å²) in [6.45, 7) is 5.75. The van der Waals surface area contributed by atoms with Gasteiger partial charge in [0.05, 0.1) is 10.9 Å². The summed E-state index contributed by atoms with van der Waals surface area (Å²) in [6.07, 6.45) is 2.54. The van der Waals surface area contributed by atoms with Gasteiger partial charge in [0, 0.05) is 50.8 Å². The third-order valence-corrected chi connectivity index (χ3v) is 6.17. The summed E-state index contributed by atoms with van der Waals surface area (Å²) in [5.41, 5.74) is 0.498. The molecule has 1 aliphatic rings. The number of hydrogen-bond acceptors (Lipinski definition) is 7. The molecule has 0 spiro atoms. The lowest BCUT2D eigenvalue weighted by atomic mass is 10.0. The third-order valence-electron chi connectivity index (χ3n) is 5.97. The molecule has 1 saturated heterocycles. The maximum atomic E-state index is 14.0. The normalized spacial score (nSPS) is 19.0. The summed E-state index contributed by atoms with van der Waals surface area (Å²) in [5.74, 6) is -3.21. The quantitative estimate of drug-likeness (QED) is 0.561. The van der Waals surface area contributed by atoms with E-state index >= 15 is 0 Å². The Kier molecular flexibility index (Phi) is 5.73. The van der Waals surface area contributed by atoms with Gasteiger partial charge in [-0.25, -0.2) is 19.6 Å². The molecule has 3 aromatic heterocycles. The Bertz CT molecular complexity index is 1220. The van der Waals surface area contributed by atoms with E-state index in [2.05, 4.69) is 37.0 Å². The number of nitrogens with one attached hydrogen (secondary N) is 1. The minimum Gasteiger partial charge on any atom is -0.353 e. The molecule has 1 aliphatic heterocycles. The lowest BCUT2D eigenvalue weighted by molar-refractivity contribution is -0.114. The number of hydrogen-bond donors (Lipinski definition) is 1. The zero-order valence-corrected chi connectivity index (χ0v) is 19.8. The number of aromatic nitrogens is 5. The molecule has 12 heteroatoms. The van der Waals surface area contributed by atoms with Crippen molar-refractivity contribution >= 4 is 40.0 Å². The van der Waals surface area contributed by atoms with E-state index in [9.17, 15) is 13.6 Å². The predicted molar refractivity (Wildman–Crippen MR) is 122 cm³/mol. The standard InChI is InChI=1S/C21H25ClF2N8O/c1-12(33)26-16-8-14-13(10-25-16)18(31-7-6-20(2,11-31)30(4)5)29-32(14)17-9-15(22)27-19(28-17)21(3,23)24/h8-10H,6-7,11H2,1-5H3,(H,25,26,33). The molecular formula is C21H25ClF2N8O. The van der Waals surface area contributed by atoms with Crippen LogP contribution >= 0.6 is 11.6 Å².